The third kappa shape index (κ3) is 2.93. The molecule has 0 saturated carbocycles. The normalized spacial score (nSPS) is 12.4. The Labute approximate surface area is 122 Å². The summed E-state index contributed by atoms with van der Waals surface area (Å²) in [5, 5.41) is 19.2. The van der Waals surface area contributed by atoms with E-state index < -0.39 is 4.92 Å². The molecule has 2 aromatic rings. The lowest BCUT2D eigenvalue weighted by atomic mass is 10.2. The van der Waals surface area contributed by atoms with Crippen molar-refractivity contribution in [2.75, 3.05) is 0 Å². The summed E-state index contributed by atoms with van der Waals surface area (Å²) in [5.41, 5.74) is 0.960. The highest BCUT2D eigenvalue weighted by molar-refractivity contribution is 9.09. The third-order valence-electron chi connectivity index (χ3n) is 2.57. The molecule has 19 heavy (non-hydrogen) atoms. The van der Waals surface area contributed by atoms with Crippen LogP contribution < -0.4 is 0 Å². The van der Waals surface area contributed by atoms with E-state index in [-0.39, 0.29) is 10.5 Å². The van der Waals surface area contributed by atoms with Crippen LogP contribution in [0.3, 0.4) is 0 Å². The number of alkyl halides is 1. The van der Waals surface area contributed by atoms with Crippen LogP contribution in [0.4, 0.5) is 5.69 Å². The van der Waals surface area contributed by atoms with Crippen molar-refractivity contribution >= 4 is 33.2 Å². The van der Waals surface area contributed by atoms with Crippen LogP contribution in [0.2, 0.25) is 5.02 Å². The zero-order chi connectivity index (χ0) is 14.0. The fourth-order valence-corrected chi connectivity index (χ4v) is 1.96. The summed E-state index contributed by atoms with van der Waals surface area (Å²) in [6.07, 6.45) is 2.51. The Morgan fingerprint density at radius 1 is 1.58 bits per heavy atom. The van der Waals surface area contributed by atoms with Gasteiger partial charge in [-0.15, -0.1) is 5.10 Å². The second-order valence-electron chi connectivity index (χ2n) is 3.85. The first-order chi connectivity index (χ1) is 9.02. The molecular formula is C11H10BrClN4O2. The van der Waals surface area contributed by atoms with Gasteiger partial charge >= 0.3 is 0 Å². The van der Waals surface area contributed by atoms with Gasteiger partial charge in [0.2, 0.25) is 0 Å². The van der Waals surface area contributed by atoms with Crippen molar-refractivity contribution in [3.8, 4) is 5.69 Å². The van der Waals surface area contributed by atoms with Crippen molar-refractivity contribution in [2.45, 2.75) is 18.2 Å². The molecule has 0 saturated heterocycles. The number of halogens is 2. The summed E-state index contributed by atoms with van der Waals surface area (Å²) in [4.78, 5) is 10.6. The van der Waals surface area contributed by atoms with Gasteiger partial charge in [-0.1, -0.05) is 39.7 Å². The molecule has 0 fully saturated rings. The topological polar surface area (TPSA) is 73.8 Å². The maximum absolute atomic E-state index is 11.0. The molecular weight excluding hydrogens is 336 g/mol. The minimum atomic E-state index is -0.492. The van der Waals surface area contributed by atoms with E-state index >= 15 is 0 Å². The number of benzene rings is 1. The van der Waals surface area contributed by atoms with Gasteiger partial charge in [0, 0.05) is 11.1 Å². The summed E-state index contributed by atoms with van der Waals surface area (Å²) in [6.45, 7) is 2.00. The standard InChI is InChI=1S/C11H10BrClN4O2/c1-2-8(12)9-6-16(15-14-9)10-4-3-7(13)5-11(10)17(18)19/h3-6,8H,2H2,1H3. The smallest absolute Gasteiger partial charge is 0.258 e. The predicted octanol–water partition coefficient (Wildman–Crippen LogP) is 3.67. The van der Waals surface area contributed by atoms with E-state index in [1.807, 2.05) is 6.92 Å². The number of hydrogen-bond donors (Lipinski definition) is 0. The SMILES string of the molecule is CCC(Br)c1cn(-c2ccc(Cl)cc2[N+](=O)[O-])nn1. The zero-order valence-electron chi connectivity index (χ0n) is 9.96. The van der Waals surface area contributed by atoms with Gasteiger partial charge in [-0.25, -0.2) is 4.68 Å². The van der Waals surface area contributed by atoms with Gasteiger partial charge in [0.25, 0.3) is 5.69 Å². The molecule has 0 radical (unpaired) electrons. The molecule has 6 nitrogen and oxygen atoms in total. The summed E-state index contributed by atoms with van der Waals surface area (Å²) in [5.74, 6) is 0. The van der Waals surface area contributed by atoms with Crippen molar-refractivity contribution in [3.05, 3.63) is 45.2 Å². The second-order valence-corrected chi connectivity index (χ2v) is 5.40. The molecule has 0 aliphatic rings. The highest BCUT2D eigenvalue weighted by atomic mass is 79.9. The van der Waals surface area contributed by atoms with Crippen molar-refractivity contribution in [2.24, 2.45) is 0 Å². The van der Waals surface area contributed by atoms with Crippen LogP contribution in [-0.2, 0) is 0 Å². The van der Waals surface area contributed by atoms with Crippen molar-refractivity contribution in [1.29, 1.82) is 0 Å². The number of aromatic nitrogens is 3. The molecule has 1 unspecified atom stereocenters. The summed E-state index contributed by atoms with van der Waals surface area (Å²) < 4.78 is 1.38. The summed E-state index contributed by atoms with van der Waals surface area (Å²) in [7, 11) is 0. The van der Waals surface area contributed by atoms with Crippen LogP contribution in [0.15, 0.2) is 24.4 Å². The molecule has 1 aromatic carbocycles. The minimum absolute atomic E-state index is 0.0765. The molecule has 100 valence electrons. The van der Waals surface area contributed by atoms with Crippen molar-refractivity contribution in [1.82, 2.24) is 15.0 Å². The molecule has 1 atom stereocenters. The van der Waals surface area contributed by atoms with Crippen molar-refractivity contribution in [3.63, 3.8) is 0 Å². The lowest BCUT2D eigenvalue weighted by Gasteiger charge is -2.02. The minimum Gasteiger partial charge on any atom is -0.258 e. The number of nitrogens with zero attached hydrogens (tertiary/aromatic N) is 4. The van der Waals surface area contributed by atoms with E-state index in [0.717, 1.165) is 12.1 Å². The average molecular weight is 346 g/mol. The summed E-state index contributed by atoms with van der Waals surface area (Å²) in [6, 6.07) is 4.43. The Bertz CT molecular complexity index is 616. The second kappa shape index (κ2) is 5.66. The molecule has 0 N–H and O–H groups in total. The van der Waals surface area contributed by atoms with E-state index in [2.05, 4.69) is 26.2 Å². The first-order valence-corrected chi connectivity index (χ1v) is 6.83. The van der Waals surface area contributed by atoms with Gasteiger partial charge in [0.05, 0.1) is 21.6 Å². The molecule has 0 amide bonds. The van der Waals surface area contributed by atoms with Crippen LogP contribution >= 0.6 is 27.5 Å². The largest absolute Gasteiger partial charge is 0.296 e. The fraction of sp³-hybridized carbons (Fsp3) is 0.273. The Morgan fingerprint density at radius 3 is 2.95 bits per heavy atom. The van der Waals surface area contributed by atoms with Gasteiger partial charge in [0.15, 0.2) is 0 Å². The molecule has 0 bridgehead atoms. The van der Waals surface area contributed by atoms with Crippen LogP contribution in [0.5, 0.6) is 0 Å². The Kier molecular flexibility index (Phi) is 4.16. The van der Waals surface area contributed by atoms with E-state index in [0.29, 0.717) is 10.7 Å². The third-order valence-corrected chi connectivity index (χ3v) is 3.92. The van der Waals surface area contributed by atoms with Crippen LogP contribution in [0, 0.1) is 10.1 Å². The van der Waals surface area contributed by atoms with Gasteiger partial charge in [-0.05, 0) is 18.6 Å². The van der Waals surface area contributed by atoms with Crippen LogP contribution in [0.25, 0.3) is 5.69 Å². The number of nitro groups is 1. The number of rotatable bonds is 4. The first kappa shape index (κ1) is 14.0. The van der Waals surface area contributed by atoms with E-state index in [9.17, 15) is 10.1 Å². The molecule has 1 aromatic heterocycles. The maximum atomic E-state index is 11.0. The van der Waals surface area contributed by atoms with Crippen LogP contribution in [0.1, 0.15) is 23.9 Å². The van der Waals surface area contributed by atoms with E-state index in [1.54, 1.807) is 18.3 Å². The van der Waals surface area contributed by atoms with Gasteiger partial charge in [0.1, 0.15) is 5.69 Å². The first-order valence-electron chi connectivity index (χ1n) is 5.53. The lowest BCUT2D eigenvalue weighted by Crippen LogP contribution is -2.00. The fourth-order valence-electron chi connectivity index (χ4n) is 1.58. The Balaban J connectivity index is 2.47. The monoisotopic (exact) mass is 344 g/mol. The lowest BCUT2D eigenvalue weighted by molar-refractivity contribution is -0.384. The van der Waals surface area contributed by atoms with Crippen LogP contribution in [-0.4, -0.2) is 19.9 Å². The molecule has 0 aliphatic heterocycles. The summed E-state index contributed by atoms with van der Waals surface area (Å²) >= 11 is 9.23. The molecule has 0 spiro atoms. The van der Waals surface area contributed by atoms with Gasteiger partial charge in [-0.2, -0.15) is 0 Å². The van der Waals surface area contributed by atoms with E-state index in [1.165, 1.54) is 10.7 Å². The Morgan fingerprint density at radius 2 is 2.32 bits per heavy atom. The van der Waals surface area contributed by atoms with Gasteiger partial charge in [-0.3, -0.25) is 10.1 Å². The zero-order valence-corrected chi connectivity index (χ0v) is 12.3. The average Bonchev–Trinajstić information content (AvgIpc) is 2.87. The predicted molar refractivity (Wildman–Crippen MR) is 75.0 cm³/mol. The molecule has 8 heteroatoms. The van der Waals surface area contributed by atoms with E-state index in [4.69, 9.17) is 11.6 Å². The molecule has 0 aliphatic carbocycles. The number of hydrogen-bond acceptors (Lipinski definition) is 4. The van der Waals surface area contributed by atoms with Gasteiger partial charge < -0.3 is 0 Å². The molecule has 1 heterocycles. The molecule has 2 rings (SSSR count). The highest BCUT2D eigenvalue weighted by Gasteiger charge is 2.18. The maximum Gasteiger partial charge on any atom is 0.296 e. The highest BCUT2D eigenvalue weighted by Crippen LogP contribution is 2.28. The quantitative estimate of drug-likeness (QED) is 0.481. The van der Waals surface area contributed by atoms with Crippen molar-refractivity contribution < 1.29 is 4.92 Å². The number of nitro benzene ring substituents is 1. The Hall–Kier alpha value is -1.47.